The zero-order chi connectivity index (χ0) is 21.7. The number of nitrogens with one attached hydrogen (secondary N) is 3. The van der Waals surface area contributed by atoms with Crippen LogP contribution in [-0.4, -0.2) is 26.4 Å². The first-order valence-corrected chi connectivity index (χ1v) is 9.25. The van der Waals surface area contributed by atoms with E-state index in [0.717, 1.165) is 10.1 Å². The molecular formula is C21H21N5O4. The minimum atomic E-state index is -0.799. The van der Waals surface area contributed by atoms with Gasteiger partial charge < -0.3 is 10.4 Å². The Morgan fingerprint density at radius 1 is 1.10 bits per heavy atom. The van der Waals surface area contributed by atoms with Crippen LogP contribution < -0.4 is 22.0 Å². The second kappa shape index (κ2) is 8.91. The van der Waals surface area contributed by atoms with Gasteiger partial charge in [-0.2, -0.15) is 5.10 Å². The molecule has 0 bridgehead atoms. The number of hydrogen-bond acceptors (Lipinski definition) is 5. The summed E-state index contributed by atoms with van der Waals surface area (Å²) in [5, 5.41) is 17.3. The molecule has 3 aromatic rings. The quantitative estimate of drug-likeness (QED) is 0.382. The molecule has 4 N–H and O–H groups in total. The highest BCUT2D eigenvalue weighted by atomic mass is 16.3. The summed E-state index contributed by atoms with van der Waals surface area (Å²) in [7, 11) is 0. The van der Waals surface area contributed by atoms with E-state index in [2.05, 4.69) is 20.8 Å². The summed E-state index contributed by atoms with van der Waals surface area (Å²) in [5.74, 6) is -0.557. The molecule has 2 amide bonds. The number of rotatable bonds is 5. The molecule has 1 aromatic heterocycles. The lowest BCUT2D eigenvalue weighted by Crippen LogP contribution is -2.34. The predicted octanol–water partition coefficient (Wildman–Crippen LogP) is 2.48. The molecule has 9 heteroatoms. The molecule has 154 valence electrons. The molecule has 0 unspecified atom stereocenters. The third kappa shape index (κ3) is 4.46. The summed E-state index contributed by atoms with van der Waals surface area (Å²) < 4.78 is 0.978. The van der Waals surface area contributed by atoms with Crippen molar-refractivity contribution in [2.24, 2.45) is 5.10 Å². The van der Waals surface area contributed by atoms with Crippen LogP contribution in [0.2, 0.25) is 0 Å². The largest absolute Gasteiger partial charge is 0.493 e. The van der Waals surface area contributed by atoms with Gasteiger partial charge in [-0.1, -0.05) is 42.8 Å². The smallest absolute Gasteiger partial charge is 0.339 e. The Bertz CT molecular complexity index is 1190. The number of aryl methyl sites for hydroxylation is 1. The second-order valence-electron chi connectivity index (χ2n) is 6.47. The van der Waals surface area contributed by atoms with E-state index in [9.17, 15) is 19.5 Å². The highest BCUT2D eigenvalue weighted by Crippen LogP contribution is 2.18. The minimum absolute atomic E-state index is 0.109. The Hall–Kier alpha value is -4.14. The van der Waals surface area contributed by atoms with Gasteiger partial charge in [0.15, 0.2) is 0 Å². The van der Waals surface area contributed by atoms with Gasteiger partial charge in [0.05, 0.1) is 11.4 Å². The number of carbonyl (C=O) groups excluding carboxylic acids is 1. The SMILES string of the molecule is CCC(=NNC(=O)Nc1ccccc1)c1c(O)n(-c2ccc(C)cc2)c(=O)[nH]c1=O. The number of urea groups is 1. The molecular weight excluding hydrogens is 386 g/mol. The fourth-order valence-corrected chi connectivity index (χ4v) is 2.83. The van der Waals surface area contributed by atoms with Crippen molar-refractivity contribution < 1.29 is 9.90 Å². The molecule has 1 heterocycles. The molecule has 0 atom stereocenters. The molecule has 3 rings (SSSR count). The van der Waals surface area contributed by atoms with E-state index in [0.29, 0.717) is 11.4 Å². The Kier molecular flexibility index (Phi) is 6.11. The van der Waals surface area contributed by atoms with Crippen LogP contribution in [0.3, 0.4) is 0 Å². The summed E-state index contributed by atoms with van der Waals surface area (Å²) >= 11 is 0. The lowest BCUT2D eigenvalue weighted by molar-refractivity contribution is 0.252. The van der Waals surface area contributed by atoms with E-state index in [1.54, 1.807) is 55.5 Å². The number of hydrogen-bond donors (Lipinski definition) is 4. The summed E-state index contributed by atoms with van der Waals surface area (Å²) in [5.41, 5.74) is 2.55. The van der Waals surface area contributed by atoms with Crippen molar-refractivity contribution >= 4 is 17.4 Å². The second-order valence-corrected chi connectivity index (χ2v) is 6.47. The molecule has 30 heavy (non-hydrogen) atoms. The first kappa shape index (κ1) is 20.6. The summed E-state index contributed by atoms with van der Waals surface area (Å²) in [6.45, 7) is 3.59. The minimum Gasteiger partial charge on any atom is -0.493 e. The average molecular weight is 407 g/mol. The first-order valence-electron chi connectivity index (χ1n) is 9.25. The van der Waals surface area contributed by atoms with Crippen molar-refractivity contribution in [3.05, 3.63) is 86.6 Å². The van der Waals surface area contributed by atoms with Crippen molar-refractivity contribution in [2.45, 2.75) is 20.3 Å². The van der Waals surface area contributed by atoms with Gasteiger partial charge in [0, 0.05) is 5.69 Å². The van der Waals surface area contributed by atoms with E-state index >= 15 is 0 Å². The fraction of sp³-hybridized carbons (Fsp3) is 0.143. The van der Waals surface area contributed by atoms with E-state index in [1.807, 2.05) is 13.0 Å². The third-order valence-corrected chi connectivity index (χ3v) is 4.33. The zero-order valence-electron chi connectivity index (χ0n) is 16.5. The Balaban J connectivity index is 1.96. The van der Waals surface area contributed by atoms with Crippen LogP contribution in [0.1, 0.15) is 24.5 Å². The zero-order valence-corrected chi connectivity index (χ0v) is 16.5. The number of para-hydroxylation sites is 1. The average Bonchev–Trinajstić information content (AvgIpc) is 2.72. The number of amides is 2. The standard InChI is InChI=1S/C21H21N5O4/c1-3-16(24-25-20(29)22-14-7-5-4-6-8-14)17-18(27)23-21(30)26(19(17)28)15-11-9-13(2)10-12-15/h4-12,28H,3H2,1-2H3,(H2,22,25,29)(H,23,27,30). The number of benzene rings is 2. The van der Waals surface area contributed by atoms with Gasteiger partial charge in [0.25, 0.3) is 5.56 Å². The van der Waals surface area contributed by atoms with E-state index < -0.39 is 23.2 Å². The Labute approximate surface area is 171 Å². The maximum Gasteiger partial charge on any atom is 0.339 e. The number of nitrogens with zero attached hydrogens (tertiary/aromatic N) is 2. The number of aromatic nitrogens is 2. The number of anilines is 1. The van der Waals surface area contributed by atoms with Gasteiger partial charge in [-0.15, -0.1) is 0 Å². The van der Waals surface area contributed by atoms with Gasteiger partial charge in [0.1, 0.15) is 5.56 Å². The first-order chi connectivity index (χ1) is 14.4. The molecule has 0 saturated heterocycles. The summed E-state index contributed by atoms with van der Waals surface area (Å²) in [4.78, 5) is 39.0. The molecule has 0 saturated carbocycles. The van der Waals surface area contributed by atoms with Crippen LogP contribution in [0, 0.1) is 6.92 Å². The number of aromatic hydroxyl groups is 1. The van der Waals surface area contributed by atoms with Gasteiger partial charge in [-0.3, -0.25) is 9.78 Å². The lowest BCUT2D eigenvalue weighted by atomic mass is 10.1. The number of aromatic amines is 1. The van der Waals surface area contributed by atoms with Gasteiger partial charge in [0.2, 0.25) is 5.88 Å². The molecule has 2 aromatic carbocycles. The molecule has 0 spiro atoms. The lowest BCUT2D eigenvalue weighted by Gasteiger charge is -2.12. The van der Waals surface area contributed by atoms with Crippen LogP contribution in [0.4, 0.5) is 10.5 Å². The Morgan fingerprint density at radius 2 is 1.77 bits per heavy atom. The predicted molar refractivity (Wildman–Crippen MR) is 114 cm³/mol. The van der Waals surface area contributed by atoms with Gasteiger partial charge in [-0.05, 0) is 37.6 Å². The normalized spacial score (nSPS) is 11.2. The molecule has 0 radical (unpaired) electrons. The van der Waals surface area contributed by atoms with Crippen molar-refractivity contribution in [1.29, 1.82) is 0 Å². The molecule has 0 aliphatic carbocycles. The Morgan fingerprint density at radius 3 is 2.40 bits per heavy atom. The van der Waals surface area contributed by atoms with Crippen molar-refractivity contribution in [1.82, 2.24) is 15.0 Å². The number of carbonyl (C=O) groups is 1. The molecule has 9 nitrogen and oxygen atoms in total. The van der Waals surface area contributed by atoms with Crippen molar-refractivity contribution in [3.8, 4) is 11.6 Å². The van der Waals surface area contributed by atoms with E-state index in [-0.39, 0.29) is 17.7 Å². The highest BCUT2D eigenvalue weighted by molar-refractivity contribution is 6.02. The molecule has 0 aliphatic heterocycles. The maximum absolute atomic E-state index is 12.4. The summed E-state index contributed by atoms with van der Waals surface area (Å²) in [6, 6.07) is 15.0. The highest BCUT2D eigenvalue weighted by Gasteiger charge is 2.19. The summed E-state index contributed by atoms with van der Waals surface area (Å²) in [6.07, 6.45) is 0.217. The van der Waals surface area contributed by atoms with Crippen LogP contribution in [0.5, 0.6) is 5.88 Å². The van der Waals surface area contributed by atoms with Gasteiger partial charge >= 0.3 is 11.7 Å². The van der Waals surface area contributed by atoms with Crippen LogP contribution in [0.15, 0.2) is 69.3 Å². The topological polar surface area (TPSA) is 129 Å². The van der Waals surface area contributed by atoms with Crippen molar-refractivity contribution in [2.75, 3.05) is 5.32 Å². The van der Waals surface area contributed by atoms with Crippen molar-refractivity contribution in [3.63, 3.8) is 0 Å². The third-order valence-electron chi connectivity index (χ3n) is 4.33. The molecule has 0 fully saturated rings. The number of hydrazone groups is 1. The fourth-order valence-electron chi connectivity index (χ4n) is 2.83. The van der Waals surface area contributed by atoms with E-state index in [4.69, 9.17) is 0 Å². The van der Waals surface area contributed by atoms with Crippen LogP contribution in [0.25, 0.3) is 5.69 Å². The maximum atomic E-state index is 12.4. The van der Waals surface area contributed by atoms with Crippen LogP contribution >= 0.6 is 0 Å². The van der Waals surface area contributed by atoms with E-state index in [1.165, 1.54) is 0 Å². The van der Waals surface area contributed by atoms with Gasteiger partial charge in [-0.25, -0.2) is 19.6 Å². The van der Waals surface area contributed by atoms with Crippen LogP contribution in [-0.2, 0) is 0 Å². The number of H-pyrrole nitrogens is 1. The molecule has 0 aliphatic rings. The monoisotopic (exact) mass is 407 g/mol.